The fourth-order valence-electron chi connectivity index (χ4n) is 10.3. The van der Waals surface area contributed by atoms with Gasteiger partial charge in [0.2, 0.25) is 59.1 Å². The van der Waals surface area contributed by atoms with Crippen LogP contribution >= 0.6 is 12.6 Å². The van der Waals surface area contributed by atoms with E-state index in [2.05, 4.69) is 85.7 Å². The van der Waals surface area contributed by atoms with E-state index >= 15 is 0 Å². The molecule has 116 heavy (non-hydrogen) atoms. The van der Waals surface area contributed by atoms with Crippen molar-refractivity contribution in [1.29, 1.82) is 0 Å². The number of nitrogens with zero attached hydrogens (tertiary/aromatic N) is 3. The van der Waals surface area contributed by atoms with E-state index in [-0.39, 0.29) is 34.9 Å². The number of carbonyl (C=O) groups excluding carboxylic acids is 10. The Bertz CT molecular complexity index is 3870. The molecule has 1 unspecified atom stereocenters. The summed E-state index contributed by atoms with van der Waals surface area (Å²) in [5.74, 6) is -20.5. The number of H-pyrrole nitrogens is 1. The Morgan fingerprint density at radius 3 is 1.09 bits per heavy atom. The molecule has 2 aromatic heterocycles. The lowest BCUT2D eigenvalue weighted by Crippen LogP contribution is -2.59. The molecule has 33 N–H and O–H groups in total. The highest BCUT2D eigenvalue weighted by Crippen LogP contribution is 2.16. The van der Waals surface area contributed by atoms with E-state index in [0.717, 1.165) is 0 Å². The molecule has 648 valence electrons. The van der Waals surface area contributed by atoms with Gasteiger partial charge in [-0.05, 0) is 62.8 Å². The van der Waals surface area contributed by atoms with Crippen LogP contribution < -0.4 is 69.8 Å². The number of carboxylic acid groups (broad SMARTS) is 4. The van der Waals surface area contributed by atoms with Gasteiger partial charge in [0, 0.05) is 75.2 Å². The Hall–Kier alpha value is -10.6. The van der Waals surface area contributed by atoms with Crippen molar-refractivity contribution >= 4 is 118 Å². The third-order valence-corrected chi connectivity index (χ3v) is 17.5. The van der Waals surface area contributed by atoms with Gasteiger partial charge in [-0.2, -0.15) is 17.6 Å². The van der Waals surface area contributed by atoms with Crippen LogP contribution in [-0.2, 0) is 68.9 Å². The normalized spacial score (nSPS) is 16.3. The number of carbonyl (C=O) groups is 14. The number of hydrogen-bond donors (Lipinski definition) is 33. The summed E-state index contributed by atoms with van der Waals surface area (Å²) in [5, 5.41) is 212. The van der Waals surface area contributed by atoms with Gasteiger partial charge in [-0.25, -0.2) is 19.6 Å². The van der Waals surface area contributed by atoms with Gasteiger partial charge in [0.05, 0.1) is 56.6 Å². The maximum absolute atomic E-state index is 14.6. The number of anilines is 2. The Morgan fingerprint density at radius 1 is 0.414 bits per heavy atom. The molecule has 3 rings (SSSR count). The Kier molecular flexibility index (Phi) is 42.9. The van der Waals surface area contributed by atoms with Gasteiger partial charge in [-0.15, -0.1) is 0 Å². The number of hydrogen-bond acceptors (Lipinski definition) is 36. The number of fused-ring (bicyclic) bond motifs is 1. The minimum absolute atomic E-state index is 0.00179. The van der Waals surface area contributed by atoms with Crippen LogP contribution in [0.1, 0.15) is 93.1 Å². The number of thiol groups is 1. The van der Waals surface area contributed by atoms with E-state index in [9.17, 15) is 164 Å². The topological polar surface area (TPSA) is 853 Å². The highest BCUT2D eigenvalue weighted by Gasteiger charge is 2.38. The molecule has 0 spiro atoms. The molecule has 0 bridgehead atoms. The monoisotopic (exact) mass is 1680 g/mol. The van der Waals surface area contributed by atoms with E-state index in [1.165, 1.54) is 30.5 Å². The van der Waals surface area contributed by atoms with E-state index in [1.54, 1.807) is 0 Å². The first-order valence-electron chi connectivity index (χ1n) is 35.3. The quantitative estimate of drug-likeness (QED) is 0.0233. The minimum Gasteiger partial charge on any atom is -0.481 e. The number of aliphatic carboxylic acids is 4. The van der Waals surface area contributed by atoms with Gasteiger partial charge in [-0.3, -0.25) is 67.3 Å². The first-order chi connectivity index (χ1) is 54.5. The molecule has 19 atom stereocenters. The summed E-state index contributed by atoms with van der Waals surface area (Å²) in [6, 6.07) is -9.01. The largest absolute Gasteiger partial charge is 0.481 e. The molecule has 0 aliphatic carbocycles. The summed E-state index contributed by atoms with van der Waals surface area (Å²) in [6.07, 6.45) is -34.8. The van der Waals surface area contributed by atoms with Crippen LogP contribution in [-0.4, -0.2) is 361 Å². The van der Waals surface area contributed by atoms with Crippen LogP contribution in [0, 0.1) is 0 Å². The number of aromatic nitrogens is 4. The molecule has 0 saturated carbocycles. The number of aliphatic hydroxyl groups is 15. The van der Waals surface area contributed by atoms with Crippen LogP contribution in [0.2, 0.25) is 0 Å². The number of benzene rings is 1. The number of aromatic amines is 1. The molecular weight excluding hydrogens is 1580 g/mol. The molecule has 2 heterocycles. The summed E-state index contributed by atoms with van der Waals surface area (Å²) in [5.41, 5.74) is 5.35. The second-order valence-corrected chi connectivity index (χ2v) is 26.4. The van der Waals surface area contributed by atoms with Gasteiger partial charge in [-0.1, -0.05) is 0 Å². The van der Waals surface area contributed by atoms with Crippen LogP contribution in [0.25, 0.3) is 11.2 Å². The lowest BCUT2D eigenvalue weighted by molar-refractivity contribution is -0.142. The number of nitrogen functional groups attached to an aromatic ring is 1. The van der Waals surface area contributed by atoms with Gasteiger partial charge in [0.1, 0.15) is 97.2 Å². The Labute approximate surface area is 660 Å². The molecule has 10 amide bonds. The smallest absolute Gasteiger partial charge is 0.327 e. The third-order valence-electron chi connectivity index (χ3n) is 17.1. The molecule has 0 aliphatic heterocycles. The van der Waals surface area contributed by atoms with Gasteiger partial charge in [0.25, 0.3) is 11.5 Å². The lowest BCUT2D eigenvalue weighted by atomic mass is 10.0. The predicted molar refractivity (Wildman–Crippen MR) is 391 cm³/mol. The summed E-state index contributed by atoms with van der Waals surface area (Å²) in [4.78, 5) is 214. The van der Waals surface area contributed by atoms with Crippen LogP contribution in [0.5, 0.6) is 0 Å². The number of nitrogens with two attached hydrogens (primary N) is 1. The number of carboxylic acids is 4. The SMILES string of the molecule is Nc1nc2ncc(CNc3ccc(C(=O)N[C@@H](CCC(=O)N[C@@H](CCC(=O)NC[C@H](O)[C@@H](O)[C@H](O)[C@H](O)CO)C(=O)N[C@H](CCC(=O)O)C(=O)N[C@@H](CCC(=O)NC[C@H](O)[C@@H](O)[C@H](O)[C@H](O)CO)C(=O)N[C@H](CCC(=O)O)C(=O)N[C@@H](CCC(=O)NC[C@H](O)[C@@H](O)[C@H](O)[C@H](O)CO)C(=O)NC(CS)C(=O)O)C(=O)O)cc3)nc2c(=O)[nH]1. The number of nitrogens with one attached hydrogen (secondary N) is 12. The first kappa shape index (κ1) is 99.6. The van der Waals surface area contributed by atoms with E-state index in [1.807, 2.05) is 5.32 Å². The van der Waals surface area contributed by atoms with Crippen molar-refractivity contribution in [3.63, 3.8) is 0 Å². The highest BCUT2D eigenvalue weighted by atomic mass is 32.1. The maximum Gasteiger partial charge on any atom is 0.327 e. The third kappa shape index (κ3) is 34.0. The van der Waals surface area contributed by atoms with Crippen LogP contribution in [0.3, 0.4) is 0 Å². The molecule has 3 aromatic rings. The van der Waals surface area contributed by atoms with Gasteiger partial charge in [0.15, 0.2) is 11.2 Å². The van der Waals surface area contributed by atoms with Gasteiger partial charge >= 0.3 is 23.9 Å². The first-order valence-corrected chi connectivity index (χ1v) is 36.0. The van der Waals surface area contributed by atoms with Crippen molar-refractivity contribution in [2.75, 3.05) is 56.3 Å². The Morgan fingerprint density at radius 2 is 0.741 bits per heavy atom. The molecule has 0 radical (unpaired) electrons. The van der Waals surface area contributed by atoms with E-state index in [4.69, 9.17) is 10.8 Å². The minimum atomic E-state index is -2.25. The van der Waals surface area contributed by atoms with Crippen molar-refractivity contribution in [1.82, 2.24) is 73.1 Å². The summed E-state index contributed by atoms with van der Waals surface area (Å²) >= 11 is 3.87. The molecule has 0 fully saturated rings. The summed E-state index contributed by atoms with van der Waals surface area (Å²) in [6.45, 7) is -5.97. The average molecular weight is 1680 g/mol. The van der Waals surface area contributed by atoms with Crippen molar-refractivity contribution in [2.24, 2.45) is 0 Å². The molecule has 50 nitrogen and oxygen atoms in total. The van der Waals surface area contributed by atoms with E-state index < -0.39 is 326 Å². The van der Waals surface area contributed by atoms with E-state index in [0.29, 0.717) is 5.69 Å². The maximum atomic E-state index is 14.6. The van der Waals surface area contributed by atoms with Crippen molar-refractivity contribution in [3.8, 4) is 0 Å². The summed E-state index contributed by atoms with van der Waals surface area (Å²) in [7, 11) is 0. The second-order valence-electron chi connectivity index (χ2n) is 26.1. The zero-order valence-corrected chi connectivity index (χ0v) is 62.4. The number of rotatable bonds is 55. The van der Waals surface area contributed by atoms with Crippen LogP contribution in [0.15, 0.2) is 35.3 Å². The second kappa shape index (κ2) is 50.0. The molecule has 0 saturated heterocycles. The number of aliphatic hydroxyl groups excluding tert-OH is 15. The molecular formula is C65H98N16O34S. The predicted octanol–water partition coefficient (Wildman–Crippen LogP) is -14.5. The van der Waals surface area contributed by atoms with Crippen LogP contribution in [0.4, 0.5) is 11.6 Å². The fourth-order valence-corrected chi connectivity index (χ4v) is 10.5. The molecule has 1 aromatic carbocycles. The summed E-state index contributed by atoms with van der Waals surface area (Å²) < 4.78 is 0. The zero-order chi connectivity index (χ0) is 87.4. The van der Waals surface area contributed by atoms with Crippen molar-refractivity contribution < 1.29 is 164 Å². The average Bonchev–Trinajstić information content (AvgIpc) is 0.810. The Balaban J connectivity index is 2.05. The zero-order valence-electron chi connectivity index (χ0n) is 61.5. The standard InChI is InChI=1S/C65H98N16O34S/c66-65-80-55-48(62(111)81-65)72-28(18-71-55)17-67-27-3-1-26(2-4-27)56(105)78-34(63(112)113)8-14-45(94)73-29(5-11-42(91)68-19-36(85)49(99)52(102)39(88)22-82)57(106)76-32(9-15-46(95)96)59(108)74-30(6-12-43(92)69-20-37(86)50(100)53(103)40(89)23-83)58(107)77-33(10-16-47(97)98)60(109)75-31(61(110)79-35(25-116)64(114)115)7-13-44(93)70-21-38(87)51(101)54(104)41(90)24-84/h1-4,18,29-41,49-54,67,82-90,99-104,116H,5-17,19-25H2,(H,68,91)(H,69,92)(H,70,93)(H,73,94)(H,74,108)(H,75,109)(H,76,106)(H,77,107)(H,78,105)(H,79,110)(H,95,96)(H,97,98)(H,112,113)(H,114,115)(H3,66,71,80,81,111)/t29-,30-,31-,32+,33+,34-,35?,36-,37-,38-,39+,40+,41+,49+,50+,51+,52+,53+,54+/m0/s1. The van der Waals surface area contributed by atoms with Crippen molar-refractivity contribution in [2.45, 2.75) is 199 Å². The van der Waals surface area contributed by atoms with Gasteiger partial charge < -0.3 is 161 Å². The number of amides is 10. The molecule has 0 aliphatic rings. The molecule has 51 heteroatoms. The van der Waals surface area contributed by atoms with Crippen molar-refractivity contribution in [3.05, 3.63) is 52.1 Å². The highest BCUT2D eigenvalue weighted by molar-refractivity contribution is 7.80. The fraction of sp³-hybridized carbons (Fsp3) is 0.600. The lowest BCUT2D eigenvalue weighted by Gasteiger charge is -2.28.